The van der Waals surface area contributed by atoms with E-state index in [1.165, 1.54) is 0 Å². The van der Waals surface area contributed by atoms with Crippen LogP contribution in [0.4, 0.5) is 0 Å². The average molecular weight is 314 g/mol. The predicted octanol–water partition coefficient (Wildman–Crippen LogP) is 1.35. The number of benzene rings is 1. The van der Waals surface area contributed by atoms with E-state index in [0.29, 0.717) is 18.7 Å². The predicted molar refractivity (Wildman–Crippen MR) is 87.0 cm³/mol. The Labute approximate surface area is 136 Å². The lowest BCUT2D eigenvalue weighted by Crippen LogP contribution is -2.49. The third kappa shape index (κ3) is 3.28. The van der Waals surface area contributed by atoms with Gasteiger partial charge in [0.1, 0.15) is 11.9 Å². The number of methoxy groups -OCH3 is 1. The summed E-state index contributed by atoms with van der Waals surface area (Å²) in [5.41, 5.74) is 1.76. The molecule has 1 aromatic carbocycles. The highest BCUT2D eigenvalue weighted by molar-refractivity contribution is 5.94. The summed E-state index contributed by atoms with van der Waals surface area (Å²) in [4.78, 5) is 19.2. The maximum absolute atomic E-state index is 12.9. The quantitative estimate of drug-likeness (QED) is 0.925. The molecule has 0 bridgehead atoms. The maximum Gasteiger partial charge on any atom is 0.254 e. The summed E-state index contributed by atoms with van der Waals surface area (Å²) in [5, 5.41) is 3.35. The summed E-state index contributed by atoms with van der Waals surface area (Å²) in [5.74, 6) is 0.949. The molecule has 122 valence electrons. The average Bonchev–Trinajstić information content (AvgIpc) is 3.01. The first-order chi connectivity index (χ1) is 11.2. The van der Waals surface area contributed by atoms with Crippen LogP contribution in [0.3, 0.4) is 0 Å². The molecule has 0 radical (unpaired) electrons. The third-order valence-corrected chi connectivity index (χ3v) is 4.17. The Kier molecular flexibility index (Phi) is 4.73. The molecule has 1 aliphatic rings. The van der Waals surface area contributed by atoms with Gasteiger partial charge >= 0.3 is 0 Å². The number of nitrogens with one attached hydrogen (secondary N) is 1. The van der Waals surface area contributed by atoms with Crippen LogP contribution in [0.1, 0.15) is 27.8 Å². The first kappa shape index (κ1) is 15.7. The molecule has 0 saturated carbocycles. The van der Waals surface area contributed by atoms with Gasteiger partial charge in [-0.05, 0) is 17.7 Å². The highest BCUT2D eigenvalue weighted by atomic mass is 16.5. The molecule has 1 fully saturated rings. The number of aromatic nitrogens is 2. The highest BCUT2D eigenvalue weighted by Crippen LogP contribution is 2.23. The van der Waals surface area contributed by atoms with Gasteiger partial charge in [-0.1, -0.05) is 12.1 Å². The lowest BCUT2D eigenvalue weighted by Gasteiger charge is -2.35. The van der Waals surface area contributed by atoms with Crippen molar-refractivity contribution in [2.45, 2.75) is 12.6 Å². The molecule has 1 N–H and O–H groups in total. The van der Waals surface area contributed by atoms with Crippen molar-refractivity contribution in [3.8, 4) is 0 Å². The number of carbonyl (C=O) groups is 1. The molecule has 0 spiro atoms. The zero-order valence-electron chi connectivity index (χ0n) is 13.5. The van der Waals surface area contributed by atoms with E-state index in [1.54, 1.807) is 13.3 Å². The second kappa shape index (κ2) is 6.93. The zero-order valence-corrected chi connectivity index (χ0v) is 13.5. The number of hydrogen-bond acceptors (Lipinski definition) is 4. The summed E-state index contributed by atoms with van der Waals surface area (Å²) in [6.45, 7) is 2.75. The summed E-state index contributed by atoms with van der Waals surface area (Å²) < 4.78 is 7.08. The lowest BCUT2D eigenvalue weighted by molar-refractivity contribution is 0.0621. The van der Waals surface area contributed by atoms with Crippen molar-refractivity contribution in [3.63, 3.8) is 0 Å². The molecule has 23 heavy (non-hydrogen) atoms. The second-order valence-corrected chi connectivity index (χ2v) is 5.74. The number of ether oxygens (including phenoxy) is 1. The Hall–Kier alpha value is -2.18. The largest absolute Gasteiger partial charge is 0.380 e. The molecule has 1 aromatic heterocycles. The molecule has 3 rings (SSSR count). The minimum absolute atomic E-state index is 0.0449. The molecule has 1 saturated heterocycles. The molecule has 6 heteroatoms. The van der Waals surface area contributed by atoms with E-state index in [9.17, 15) is 4.79 Å². The van der Waals surface area contributed by atoms with E-state index >= 15 is 0 Å². The Balaban J connectivity index is 1.82. The fourth-order valence-corrected chi connectivity index (χ4v) is 2.95. The fraction of sp³-hybridized carbons (Fsp3) is 0.412. The van der Waals surface area contributed by atoms with Crippen LogP contribution in [0.25, 0.3) is 0 Å². The van der Waals surface area contributed by atoms with Gasteiger partial charge in [0.15, 0.2) is 0 Å². The number of hydrogen-bond donors (Lipinski definition) is 1. The number of carbonyl (C=O) groups excluding carboxylic acids is 1. The van der Waals surface area contributed by atoms with Gasteiger partial charge in [-0.15, -0.1) is 0 Å². The first-order valence-electron chi connectivity index (χ1n) is 7.77. The van der Waals surface area contributed by atoms with Crippen LogP contribution in [0, 0.1) is 0 Å². The van der Waals surface area contributed by atoms with E-state index in [0.717, 1.165) is 24.5 Å². The van der Waals surface area contributed by atoms with Gasteiger partial charge in [-0.2, -0.15) is 0 Å². The molecule has 1 atom stereocenters. The molecule has 1 aliphatic heterocycles. The van der Waals surface area contributed by atoms with Gasteiger partial charge in [0.2, 0.25) is 0 Å². The second-order valence-electron chi connectivity index (χ2n) is 5.74. The molecular formula is C17H22N4O2. The van der Waals surface area contributed by atoms with Gasteiger partial charge in [-0.25, -0.2) is 4.98 Å². The standard InChI is InChI=1S/C17H22N4O2/c1-20-9-8-19-16(20)15-11-18-7-10-21(15)17(22)14-5-3-13(4-6-14)12-23-2/h3-6,8-9,15,18H,7,10-12H2,1-2H3. The monoisotopic (exact) mass is 314 g/mol. The third-order valence-electron chi connectivity index (χ3n) is 4.17. The number of piperazine rings is 1. The van der Waals surface area contributed by atoms with Crippen LogP contribution < -0.4 is 5.32 Å². The van der Waals surface area contributed by atoms with Crippen molar-refractivity contribution >= 4 is 5.91 Å². The van der Waals surface area contributed by atoms with Crippen LogP contribution in [-0.2, 0) is 18.4 Å². The number of amides is 1. The number of aryl methyl sites for hydroxylation is 1. The van der Waals surface area contributed by atoms with Crippen molar-refractivity contribution < 1.29 is 9.53 Å². The zero-order chi connectivity index (χ0) is 16.2. The number of rotatable bonds is 4. The van der Waals surface area contributed by atoms with E-state index in [1.807, 2.05) is 47.0 Å². The van der Waals surface area contributed by atoms with Crippen molar-refractivity contribution in [2.75, 3.05) is 26.7 Å². The van der Waals surface area contributed by atoms with Crippen LogP contribution >= 0.6 is 0 Å². The van der Waals surface area contributed by atoms with Crippen molar-refractivity contribution in [1.82, 2.24) is 19.8 Å². The minimum Gasteiger partial charge on any atom is -0.380 e. The first-order valence-corrected chi connectivity index (χ1v) is 7.77. The van der Waals surface area contributed by atoms with Crippen molar-refractivity contribution in [1.29, 1.82) is 0 Å². The molecule has 1 unspecified atom stereocenters. The van der Waals surface area contributed by atoms with E-state index < -0.39 is 0 Å². The molecule has 0 aliphatic carbocycles. The number of imidazole rings is 1. The van der Waals surface area contributed by atoms with Crippen LogP contribution in [-0.4, -0.2) is 47.1 Å². The normalized spacial score (nSPS) is 18.2. The highest BCUT2D eigenvalue weighted by Gasteiger charge is 2.30. The van der Waals surface area contributed by atoms with Crippen molar-refractivity contribution in [2.24, 2.45) is 7.05 Å². The van der Waals surface area contributed by atoms with Crippen molar-refractivity contribution in [3.05, 3.63) is 53.6 Å². The topological polar surface area (TPSA) is 59.4 Å². The van der Waals surface area contributed by atoms with E-state index in [2.05, 4.69) is 10.3 Å². The molecule has 2 heterocycles. The van der Waals surface area contributed by atoms with Gasteiger partial charge < -0.3 is 19.5 Å². The summed E-state index contributed by atoms with van der Waals surface area (Å²) in [6, 6.07) is 7.57. The van der Waals surface area contributed by atoms with E-state index in [-0.39, 0.29) is 11.9 Å². The Morgan fingerprint density at radius 3 is 2.83 bits per heavy atom. The Morgan fingerprint density at radius 2 is 2.17 bits per heavy atom. The Morgan fingerprint density at radius 1 is 1.39 bits per heavy atom. The smallest absolute Gasteiger partial charge is 0.254 e. The summed E-state index contributed by atoms with van der Waals surface area (Å²) in [6.07, 6.45) is 3.68. The Bertz CT molecular complexity index is 665. The summed E-state index contributed by atoms with van der Waals surface area (Å²) >= 11 is 0. The molecular weight excluding hydrogens is 292 g/mol. The SMILES string of the molecule is COCc1ccc(C(=O)N2CCNCC2c2nccn2C)cc1. The number of nitrogens with zero attached hydrogens (tertiary/aromatic N) is 3. The summed E-state index contributed by atoms with van der Waals surface area (Å²) in [7, 11) is 3.62. The van der Waals surface area contributed by atoms with Gasteiger partial charge in [0.25, 0.3) is 5.91 Å². The van der Waals surface area contributed by atoms with Crippen LogP contribution in [0.5, 0.6) is 0 Å². The molecule has 2 aromatic rings. The van der Waals surface area contributed by atoms with Gasteiger partial charge in [0, 0.05) is 51.7 Å². The van der Waals surface area contributed by atoms with Crippen LogP contribution in [0.15, 0.2) is 36.7 Å². The van der Waals surface area contributed by atoms with Gasteiger partial charge in [-0.3, -0.25) is 4.79 Å². The van der Waals surface area contributed by atoms with E-state index in [4.69, 9.17) is 4.74 Å². The van der Waals surface area contributed by atoms with Crippen LogP contribution in [0.2, 0.25) is 0 Å². The van der Waals surface area contributed by atoms with Gasteiger partial charge in [0.05, 0.1) is 6.61 Å². The molecule has 1 amide bonds. The maximum atomic E-state index is 12.9. The minimum atomic E-state index is -0.0464. The molecule has 6 nitrogen and oxygen atoms in total. The fourth-order valence-electron chi connectivity index (χ4n) is 2.95. The lowest BCUT2D eigenvalue weighted by atomic mass is 10.1.